The molecule has 0 fully saturated rings. The van der Waals surface area contributed by atoms with Crippen LogP contribution in [0.1, 0.15) is 6.92 Å². The minimum Gasteiger partial charge on any atom is -0.481 e. The van der Waals surface area contributed by atoms with Gasteiger partial charge in [0.2, 0.25) is 11.7 Å². The van der Waals surface area contributed by atoms with Crippen molar-refractivity contribution in [2.75, 3.05) is 19.0 Å². The van der Waals surface area contributed by atoms with E-state index in [-0.39, 0.29) is 23.9 Å². The van der Waals surface area contributed by atoms with Crippen molar-refractivity contribution in [1.29, 1.82) is 0 Å². The number of carboxylic acid groups (broad SMARTS) is 1. The summed E-state index contributed by atoms with van der Waals surface area (Å²) < 4.78 is 4.85. The van der Waals surface area contributed by atoms with E-state index in [1.54, 1.807) is 0 Å². The fraction of sp³-hybridized carbons (Fsp3) is 0.400. The monoisotopic (exact) mass is 255 g/mol. The van der Waals surface area contributed by atoms with Gasteiger partial charge in [0.05, 0.1) is 18.0 Å². The van der Waals surface area contributed by atoms with Gasteiger partial charge in [0.15, 0.2) is 0 Å². The third-order valence-electron chi connectivity index (χ3n) is 2.25. The van der Waals surface area contributed by atoms with Crippen LogP contribution < -0.4 is 10.1 Å². The summed E-state index contributed by atoms with van der Waals surface area (Å²) in [5, 5.41) is 22.1. The van der Waals surface area contributed by atoms with Crippen LogP contribution in [0.25, 0.3) is 0 Å². The third kappa shape index (κ3) is 3.30. The van der Waals surface area contributed by atoms with E-state index in [0.717, 1.165) is 0 Å². The highest BCUT2D eigenvalue weighted by atomic mass is 16.6. The second-order valence-corrected chi connectivity index (χ2v) is 3.60. The molecule has 8 heteroatoms. The Morgan fingerprint density at radius 1 is 1.67 bits per heavy atom. The van der Waals surface area contributed by atoms with Gasteiger partial charge in [-0.1, -0.05) is 6.92 Å². The van der Waals surface area contributed by atoms with E-state index in [2.05, 4.69) is 10.3 Å². The fourth-order valence-electron chi connectivity index (χ4n) is 1.16. The molecular weight excluding hydrogens is 242 g/mol. The van der Waals surface area contributed by atoms with E-state index in [9.17, 15) is 14.9 Å². The molecule has 1 aromatic heterocycles. The van der Waals surface area contributed by atoms with E-state index >= 15 is 0 Å². The molecule has 18 heavy (non-hydrogen) atoms. The minimum absolute atomic E-state index is 0.00699. The normalized spacial score (nSPS) is 11.7. The molecule has 8 nitrogen and oxygen atoms in total. The zero-order valence-corrected chi connectivity index (χ0v) is 9.91. The zero-order chi connectivity index (χ0) is 13.7. The summed E-state index contributed by atoms with van der Waals surface area (Å²) in [6, 6.07) is 2.61. The summed E-state index contributed by atoms with van der Waals surface area (Å²) in [4.78, 5) is 24.7. The van der Waals surface area contributed by atoms with Gasteiger partial charge >= 0.3 is 11.7 Å². The number of anilines is 1. The molecule has 1 unspecified atom stereocenters. The van der Waals surface area contributed by atoms with Crippen LogP contribution in [-0.4, -0.2) is 34.6 Å². The van der Waals surface area contributed by atoms with Crippen molar-refractivity contribution >= 4 is 17.5 Å². The summed E-state index contributed by atoms with van der Waals surface area (Å²) in [6.45, 7) is 1.53. The first-order valence-electron chi connectivity index (χ1n) is 5.11. The number of carbonyl (C=O) groups is 1. The van der Waals surface area contributed by atoms with Crippen molar-refractivity contribution in [3.05, 3.63) is 22.2 Å². The molecule has 1 heterocycles. The third-order valence-corrected chi connectivity index (χ3v) is 2.25. The van der Waals surface area contributed by atoms with E-state index in [1.807, 2.05) is 0 Å². The number of hydrogen-bond donors (Lipinski definition) is 2. The van der Waals surface area contributed by atoms with Gasteiger partial charge in [-0.25, -0.2) is 0 Å². The highest BCUT2D eigenvalue weighted by Gasteiger charge is 2.18. The van der Waals surface area contributed by atoms with E-state index < -0.39 is 16.8 Å². The molecule has 98 valence electrons. The van der Waals surface area contributed by atoms with E-state index in [1.165, 1.54) is 26.2 Å². The van der Waals surface area contributed by atoms with Crippen molar-refractivity contribution in [3.63, 3.8) is 0 Å². The molecule has 2 N–H and O–H groups in total. The number of carboxylic acids is 1. The number of nitro groups is 1. The number of methoxy groups -OCH3 is 1. The predicted octanol–water partition coefficient (Wildman–Crippen LogP) is 1.13. The fourth-order valence-corrected chi connectivity index (χ4v) is 1.16. The van der Waals surface area contributed by atoms with Crippen LogP contribution in [0.3, 0.4) is 0 Å². The van der Waals surface area contributed by atoms with Gasteiger partial charge in [-0.2, -0.15) is 4.98 Å². The Morgan fingerprint density at radius 2 is 2.33 bits per heavy atom. The first kappa shape index (κ1) is 13.7. The molecule has 0 spiro atoms. The Labute approximate surface area is 103 Å². The summed E-state index contributed by atoms with van der Waals surface area (Å²) in [6.07, 6.45) is 0. The molecule has 0 radical (unpaired) electrons. The van der Waals surface area contributed by atoms with Gasteiger partial charge in [0, 0.05) is 18.7 Å². The Morgan fingerprint density at radius 3 is 2.83 bits per heavy atom. The number of aliphatic carboxylic acids is 1. The quantitative estimate of drug-likeness (QED) is 0.578. The summed E-state index contributed by atoms with van der Waals surface area (Å²) in [5.41, 5.74) is -0.228. The molecule has 0 aliphatic carbocycles. The SMILES string of the molecule is COc1ccc([N+](=O)[O-])c(NCC(C)C(=O)O)n1. The molecule has 1 atom stereocenters. The number of ether oxygens (including phenoxy) is 1. The maximum absolute atomic E-state index is 10.8. The van der Waals surface area contributed by atoms with Gasteiger partial charge in [0.25, 0.3) is 0 Å². The summed E-state index contributed by atoms with van der Waals surface area (Å²) in [5.74, 6) is -1.47. The molecule has 1 aromatic rings. The maximum Gasteiger partial charge on any atom is 0.311 e. The zero-order valence-electron chi connectivity index (χ0n) is 9.91. The molecule has 0 bridgehead atoms. The van der Waals surface area contributed by atoms with Crippen molar-refractivity contribution < 1.29 is 19.6 Å². The lowest BCUT2D eigenvalue weighted by Crippen LogP contribution is -2.20. The van der Waals surface area contributed by atoms with E-state index in [4.69, 9.17) is 9.84 Å². The average molecular weight is 255 g/mol. The standard InChI is InChI=1S/C10H13N3O5/c1-6(10(14)15)5-11-9-7(13(16)17)3-4-8(12-9)18-2/h3-4,6H,5H2,1-2H3,(H,11,12)(H,14,15). The molecule has 0 saturated heterocycles. The highest BCUT2D eigenvalue weighted by Crippen LogP contribution is 2.24. The summed E-state index contributed by atoms with van der Waals surface area (Å²) >= 11 is 0. The second-order valence-electron chi connectivity index (χ2n) is 3.60. The number of rotatable bonds is 6. The Balaban J connectivity index is 2.90. The Hall–Kier alpha value is -2.38. The molecule has 0 saturated carbocycles. The van der Waals surface area contributed by atoms with Crippen LogP contribution >= 0.6 is 0 Å². The van der Waals surface area contributed by atoms with Crippen LogP contribution in [0, 0.1) is 16.0 Å². The van der Waals surface area contributed by atoms with Crippen LogP contribution in [0.15, 0.2) is 12.1 Å². The lowest BCUT2D eigenvalue weighted by molar-refractivity contribution is -0.384. The van der Waals surface area contributed by atoms with Crippen LogP contribution in [0.4, 0.5) is 11.5 Å². The Bertz CT molecular complexity index is 463. The van der Waals surface area contributed by atoms with Crippen molar-refractivity contribution in [2.24, 2.45) is 5.92 Å². The van der Waals surface area contributed by atoms with Crippen molar-refractivity contribution in [1.82, 2.24) is 4.98 Å². The summed E-state index contributed by atoms with van der Waals surface area (Å²) in [7, 11) is 1.39. The van der Waals surface area contributed by atoms with Crippen molar-refractivity contribution in [3.8, 4) is 5.88 Å². The lowest BCUT2D eigenvalue weighted by atomic mass is 10.2. The Kier molecular flexibility index (Phi) is 4.41. The maximum atomic E-state index is 10.8. The average Bonchev–Trinajstić information content (AvgIpc) is 2.34. The minimum atomic E-state index is -0.993. The van der Waals surface area contributed by atoms with Gasteiger partial charge in [0.1, 0.15) is 0 Å². The number of pyridine rings is 1. The first-order valence-corrected chi connectivity index (χ1v) is 5.11. The lowest BCUT2D eigenvalue weighted by Gasteiger charge is -2.09. The molecule has 0 aliphatic heterocycles. The smallest absolute Gasteiger partial charge is 0.311 e. The predicted molar refractivity (Wildman–Crippen MR) is 62.7 cm³/mol. The van der Waals surface area contributed by atoms with Crippen LogP contribution in [0.5, 0.6) is 5.88 Å². The van der Waals surface area contributed by atoms with Gasteiger partial charge < -0.3 is 15.2 Å². The molecular formula is C10H13N3O5. The number of hydrogen-bond acceptors (Lipinski definition) is 6. The number of aromatic nitrogens is 1. The number of nitrogens with zero attached hydrogens (tertiary/aromatic N) is 2. The number of nitrogens with one attached hydrogen (secondary N) is 1. The van der Waals surface area contributed by atoms with E-state index in [0.29, 0.717) is 0 Å². The highest BCUT2D eigenvalue weighted by molar-refractivity contribution is 5.70. The van der Waals surface area contributed by atoms with Gasteiger partial charge in [-0.3, -0.25) is 14.9 Å². The molecule has 0 aromatic carbocycles. The van der Waals surface area contributed by atoms with Crippen molar-refractivity contribution in [2.45, 2.75) is 6.92 Å². The first-order chi connectivity index (χ1) is 8.45. The largest absolute Gasteiger partial charge is 0.481 e. The van der Waals surface area contributed by atoms with Crippen LogP contribution in [-0.2, 0) is 4.79 Å². The topological polar surface area (TPSA) is 115 Å². The molecule has 0 aliphatic rings. The second kappa shape index (κ2) is 5.80. The van der Waals surface area contributed by atoms with Gasteiger partial charge in [-0.15, -0.1) is 0 Å². The van der Waals surface area contributed by atoms with Gasteiger partial charge in [-0.05, 0) is 0 Å². The molecule has 0 amide bonds. The van der Waals surface area contributed by atoms with Crippen LogP contribution in [0.2, 0.25) is 0 Å². The molecule has 1 rings (SSSR count).